The molecule has 0 saturated carbocycles. The molecule has 0 aliphatic carbocycles. The Balaban J connectivity index is 1.40. The van der Waals surface area contributed by atoms with Crippen LogP contribution in [-0.2, 0) is 35.1 Å². The predicted octanol–water partition coefficient (Wildman–Crippen LogP) is 5.89. The lowest BCUT2D eigenvalue weighted by atomic mass is 9.70. The van der Waals surface area contributed by atoms with Crippen molar-refractivity contribution in [1.29, 1.82) is 0 Å². The minimum atomic E-state index is -1.42. The lowest BCUT2D eigenvalue weighted by molar-refractivity contribution is -0.146. The van der Waals surface area contributed by atoms with Crippen LogP contribution < -0.4 is 10.2 Å². The maximum Gasteiger partial charge on any atom is 0.306 e. The second-order valence-electron chi connectivity index (χ2n) is 14.1. The van der Waals surface area contributed by atoms with Crippen LogP contribution in [0, 0.1) is 18.8 Å². The number of aryl methyl sites for hydroxylation is 1. The minimum absolute atomic E-state index is 0.0838. The molecule has 3 saturated heterocycles. The Bertz CT molecular complexity index is 1860. The van der Waals surface area contributed by atoms with Gasteiger partial charge in [0.25, 0.3) is 5.91 Å². The number of para-hydroxylation sites is 1. The van der Waals surface area contributed by atoms with Crippen LogP contribution in [0.3, 0.4) is 0 Å². The first kappa shape index (κ1) is 39.4. The molecule has 1 unspecified atom stereocenters. The first-order chi connectivity index (χ1) is 26.1. The number of nitrogens with zero attached hydrogens (tertiary/aromatic N) is 2. The van der Waals surface area contributed by atoms with Gasteiger partial charge in [-0.05, 0) is 48.9 Å². The highest BCUT2D eigenvalue weighted by molar-refractivity contribution is 9.09. The summed E-state index contributed by atoms with van der Waals surface area (Å²) in [6.45, 7) is 8.92. The van der Waals surface area contributed by atoms with Crippen molar-refractivity contribution in [2.75, 3.05) is 24.7 Å². The van der Waals surface area contributed by atoms with E-state index in [1.165, 1.54) is 9.80 Å². The summed E-state index contributed by atoms with van der Waals surface area (Å²) < 4.78 is 12.4. The highest BCUT2D eigenvalue weighted by atomic mass is 79.9. The molecule has 3 aliphatic rings. The molecule has 3 aromatic carbocycles. The molecular formula is C42H45BrClN3O7. The smallest absolute Gasteiger partial charge is 0.306 e. The van der Waals surface area contributed by atoms with Crippen LogP contribution in [0.15, 0.2) is 104 Å². The SMILES string of the molecule is C=CCCC(=O)OC[C@@H](NC(=O)[C@@H]1[C@H]2O[C@@]3(CC2Br)[C@H](C(=O)N(CC=C)c2c(C)cccc2Cl)N([C@@H](CO)Cc2ccccc2)C(=O)[C@@H]13)c1ccccc1. The Morgan fingerprint density at radius 2 is 1.80 bits per heavy atom. The maximum absolute atomic E-state index is 15.3. The van der Waals surface area contributed by atoms with E-state index in [4.69, 9.17) is 21.1 Å². The fourth-order valence-electron chi connectivity index (χ4n) is 8.35. The highest BCUT2D eigenvalue weighted by Crippen LogP contribution is 2.61. The molecule has 1 spiro atoms. The van der Waals surface area contributed by atoms with Gasteiger partial charge in [0, 0.05) is 17.8 Å². The van der Waals surface area contributed by atoms with Gasteiger partial charge in [0.15, 0.2) is 0 Å². The number of hydrogen-bond acceptors (Lipinski definition) is 7. The summed E-state index contributed by atoms with van der Waals surface area (Å²) >= 11 is 10.5. The molecule has 10 nitrogen and oxygen atoms in total. The number of carbonyl (C=O) groups excluding carboxylic acids is 4. The highest BCUT2D eigenvalue weighted by Gasteiger charge is 2.77. The molecule has 3 aromatic rings. The van der Waals surface area contributed by atoms with Crippen molar-refractivity contribution in [3.8, 4) is 0 Å². The Labute approximate surface area is 329 Å². The van der Waals surface area contributed by atoms with Crippen molar-refractivity contribution < 1.29 is 33.8 Å². The van der Waals surface area contributed by atoms with Crippen molar-refractivity contribution in [2.45, 2.75) is 67.3 Å². The fraction of sp³-hybridized carbons (Fsp3) is 0.381. The fourth-order valence-corrected chi connectivity index (χ4v) is 9.62. The zero-order chi connectivity index (χ0) is 38.6. The molecule has 54 heavy (non-hydrogen) atoms. The second kappa shape index (κ2) is 17.0. The van der Waals surface area contributed by atoms with Crippen LogP contribution >= 0.6 is 27.5 Å². The average Bonchev–Trinajstić information content (AvgIpc) is 3.77. The lowest BCUT2D eigenvalue weighted by Gasteiger charge is -2.40. The molecule has 0 radical (unpaired) electrons. The predicted molar refractivity (Wildman–Crippen MR) is 210 cm³/mol. The molecule has 2 bridgehead atoms. The quantitative estimate of drug-likeness (QED) is 0.105. The molecular weight excluding hydrogens is 774 g/mol. The summed E-state index contributed by atoms with van der Waals surface area (Å²) in [5, 5.41) is 14.4. The van der Waals surface area contributed by atoms with Crippen LogP contribution in [0.4, 0.5) is 5.69 Å². The number of halogens is 2. The standard InChI is InChI=1S/C42H45BrClN3O7/c1-4-6-20-33(49)53-25-32(28-17-11-8-12-18-28)45-39(50)34-35-40(51)47(29(24-48)22-27-15-9-7-10-16-27)38(42(35)23-30(43)37(34)54-42)41(52)46(21-5-2)36-26(3)14-13-19-31(36)44/h4-5,7-19,29-30,32,34-35,37-38,48H,1-2,6,20-25H2,3H3,(H,45,50)/t29-,30?,32-,34+,35-,37+,38+,42-/m1/s1. The molecule has 3 amide bonds. The van der Waals surface area contributed by atoms with Gasteiger partial charge < -0.3 is 29.7 Å². The van der Waals surface area contributed by atoms with E-state index in [0.717, 1.165) is 11.1 Å². The third kappa shape index (κ3) is 7.51. The molecule has 12 heteroatoms. The topological polar surface area (TPSA) is 125 Å². The first-order valence-corrected chi connectivity index (χ1v) is 19.4. The number of rotatable bonds is 16. The van der Waals surface area contributed by atoms with E-state index in [2.05, 4.69) is 34.4 Å². The number of amides is 3. The van der Waals surface area contributed by atoms with Gasteiger partial charge >= 0.3 is 5.97 Å². The molecule has 6 rings (SSSR count). The first-order valence-electron chi connectivity index (χ1n) is 18.1. The van der Waals surface area contributed by atoms with Crippen LogP contribution in [0.2, 0.25) is 5.02 Å². The molecule has 284 valence electrons. The van der Waals surface area contributed by atoms with E-state index in [0.29, 0.717) is 22.7 Å². The monoisotopic (exact) mass is 817 g/mol. The van der Waals surface area contributed by atoms with Gasteiger partial charge in [0.2, 0.25) is 11.8 Å². The number of allylic oxidation sites excluding steroid dienone is 1. The molecule has 0 aromatic heterocycles. The third-order valence-corrected chi connectivity index (χ3v) is 11.8. The van der Waals surface area contributed by atoms with Crippen LogP contribution in [-0.4, -0.2) is 82.1 Å². The molecule has 3 heterocycles. The minimum Gasteiger partial charge on any atom is -0.463 e. The molecule has 2 N–H and O–H groups in total. The zero-order valence-corrected chi connectivity index (χ0v) is 32.5. The van der Waals surface area contributed by atoms with Crippen molar-refractivity contribution >= 4 is 56.9 Å². The molecule has 3 aliphatic heterocycles. The van der Waals surface area contributed by atoms with E-state index < -0.39 is 72.0 Å². The van der Waals surface area contributed by atoms with Gasteiger partial charge in [0.05, 0.1) is 47.3 Å². The Morgan fingerprint density at radius 3 is 2.44 bits per heavy atom. The number of carbonyl (C=O) groups is 4. The molecule has 8 atom stereocenters. The van der Waals surface area contributed by atoms with E-state index in [1.807, 2.05) is 73.7 Å². The lowest BCUT2D eigenvalue weighted by Crippen LogP contribution is -2.59. The van der Waals surface area contributed by atoms with Crippen LogP contribution in [0.5, 0.6) is 0 Å². The van der Waals surface area contributed by atoms with Gasteiger partial charge in [0.1, 0.15) is 18.2 Å². The normalized spacial score (nSPS) is 25.1. The van der Waals surface area contributed by atoms with Gasteiger partial charge in [-0.2, -0.15) is 0 Å². The van der Waals surface area contributed by atoms with Gasteiger partial charge in [-0.25, -0.2) is 0 Å². The summed E-state index contributed by atoms with van der Waals surface area (Å²) in [6, 6.07) is 21.1. The van der Waals surface area contributed by atoms with Crippen molar-refractivity contribution in [3.63, 3.8) is 0 Å². The van der Waals surface area contributed by atoms with Gasteiger partial charge in [-0.1, -0.05) is 112 Å². The van der Waals surface area contributed by atoms with Crippen LogP contribution in [0.25, 0.3) is 0 Å². The summed E-state index contributed by atoms with van der Waals surface area (Å²) in [5.41, 5.74) is 1.37. The maximum atomic E-state index is 15.3. The average molecular weight is 819 g/mol. The Morgan fingerprint density at radius 1 is 1.09 bits per heavy atom. The summed E-state index contributed by atoms with van der Waals surface area (Å²) in [4.78, 5) is 60.0. The van der Waals surface area contributed by atoms with Crippen molar-refractivity contribution in [2.24, 2.45) is 11.8 Å². The number of ether oxygens (including phenoxy) is 2. The van der Waals surface area contributed by atoms with Crippen molar-refractivity contribution in [1.82, 2.24) is 10.2 Å². The number of aliphatic hydroxyl groups is 1. The van der Waals surface area contributed by atoms with Gasteiger partial charge in [-0.15, -0.1) is 13.2 Å². The number of fused-ring (bicyclic) bond motifs is 1. The number of alkyl halides is 1. The summed E-state index contributed by atoms with van der Waals surface area (Å²) in [5.74, 6) is -3.87. The van der Waals surface area contributed by atoms with Crippen LogP contribution in [0.1, 0.15) is 42.0 Å². The van der Waals surface area contributed by atoms with E-state index in [9.17, 15) is 14.7 Å². The number of likely N-dealkylation sites (tertiary alicyclic amines) is 1. The third-order valence-electron chi connectivity index (χ3n) is 10.7. The Hall–Kier alpha value is -4.29. The number of aliphatic hydroxyl groups excluding tert-OH is 1. The number of esters is 1. The molecule has 3 fully saturated rings. The number of hydrogen-bond donors (Lipinski definition) is 2. The number of benzene rings is 3. The zero-order valence-electron chi connectivity index (χ0n) is 30.1. The number of nitrogens with one attached hydrogen (secondary N) is 1. The second-order valence-corrected chi connectivity index (χ2v) is 15.6. The summed E-state index contributed by atoms with van der Waals surface area (Å²) in [7, 11) is 0. The van der Waals surface area contributed by atoms with E-state index >= 15 is 9.59 Å². The number of anilines is 1. The van der Waals surface area contributed by atoms with Gasteiger partial charge in [-0.3, -0.25) is 19.2 Å². The largest absolute Gasteiger partial charge is 0.463 e. The summed E-state index contributed by atoms with van der Waals surface area (Å²) in [6.07, 6.45) is 3.60. The Kier molecular flexibility index (Phi) is 12.4. The van der Waals surface area contributed by atoms with E-state index in [-0.39, 0.29) is 37.2 Å². The van der Waals surface area contributed by atoms with E-state index in [1.54, 1.807) is 24.3 Å². The van der Waals surface area contributed by atoms with Crippen molar-refractivity contribution in [3.05, 3.63) is 126 Å².